The number of aliphatic carboxylic acids is 1. The summed E-state index contributed by atoms with van der Waals surface area (Å²) >= 11 is 0. The molecule has 0 radical (unpaired) electrons. The molecule has 2 N–H and O–H groups in total. The summed E-state index contributed by atoms with van der Waals surface area (Å²) in [5.74, 6) is -0.853. The maximum absolute atomic E-state index is 12.7. The first kappa shape index (κ1) is 15.2. The summed E-state index contributed by atoms with van der Waals surface area (Å²) in [5, 5.41) is 19.2. The largest absolute Gasteiger partial charge is 0.480 e. The SMILES string of the molecule is O=C(O)C1CCCCN1S(=O)(=O)N1CC2CCC(O)C2C1. The van der Waals surface area contributed by atoms with E-state index < -0.39 is 28.3 Å². The molecule has 1 saturated carbocycles. The summed E-state index contributed by atoms with van der Waals surface area (Å²) < 4.78 is 28.0. The second-order valence-electron chi connectivity index (χ2n) is 6.35. The number of carbonyl (C=O) groups is 1. The van der Waals surface area contributed by atoms with E-state index in [4.69, 9.17) is 0 Å². The van der Waals surface area contributed by atoms with Gasteiger partial charge < -0.3 is 10.2 Å². The minimum Gasteiger partial charge on any atom is -0.480 e. The smallest absolute Gasteiger partial charge is 0.322 e. The van der Waals surface area contributed by atoms with Crippen molar-refractivity contribution in [3.05, 3.63) is 0 Å². The van der Waals surface area contributed by atoms with Gasteiger partial charge in [-0.1, -0.05) is 0 Å². The number of aliphatic hydroxyl groups is 1. The quantitative estimate of drug-likeness (QED) is 0.755. The molecule has 21 heavy (non-hydrogen) atoms. The van der Waals surface area contributed by atoms with Crippen molar-refractivity contribution in [3.63, 3.8) is 0 Å². The number of aliphatic hydroxyl groups excluding tert-OH is 1. The van der Waals surface area contributed by atoms with Crippen molar-refractivity contribution < 1.29 is 23.4 Å². The van der Waals surface area contributed by atoms with Crippen molar-refractivity contribution in [1.82, 2.24) is 8.61 Å². The minimum absolute atomic E-state index is 0.00726. The summed E-state index contributed by atoms with van der Waals surface area (Å²) in [6, 6.07) is -0.950. The van der Waals surface area contributed by atoms with Gasteiger partial charge in [0.2, 0.25) is 0 Å². The highest BCUT2D eigenvalue weighted by molar-refractivity contribution is 7.86. The molecule has 2 aliphatic heterocycles. The van der Waals surface area contributed by atoms with Crippen LogP contribution >= 0.6 is 0 Å². The molecule has 0 spiro atoms. The third kappa shape index (κ3) is 2.58. The van der Waals surface area contributed by atoms with Crippen molar-refractivity contribution in [2.45, 2.75) is 44.2 Å². The Balaban J connectivity index is 1.79. The summed E-state index contributed by atoms with van der Waals surface area (Å²) in [5.41, 5.74) is 0. The predicted molar refractivity (Wildman–Crippen MR) is 74.7 cm³/mol. The lowest BCUT2D eigenvalue weighted by Crippen LogP contribution is -2.53. The first-order valence-electron chi connectivity index (χ1n) is 7.59. The molecule has 3 fully saturated rings. The van der Waals surface area contributed by atoms with E-state index in [-0.39, 0.29) is 18.4 Å². The summed E-state index contributed by atoms with van der Waals surface area (Å²) in [6.07, 6.45) is 2.98. The van der Waals surface area contributed by atoms with Gasteiger partial charge in [0, 0.05) is 25.6 Å². The van der Waals surface area contributed by atoms with Gasteiger partial charge in [-0.15, -0.1) is 0 Å². The topological polar surface area (TPSA) is 98.2 Å². The number of rotatable bonds is 3. The zero-order valence-electron chi connectivity index (χ0n) is 11.9. The molecule has 3 rings (SSSR count). The van der Waals surface area contributed by atoms with Crippen LogP contribution in [-0.2, 0) is 15.0 Å². The van der Waals surface area contributed by atoms with E-state index >= 15 is 0 Å². The van der Waals surface area contributed by atoms with E-state index in [1.54, 1.807) is 0 Å². The zero-order chi connectivity index (χ0) is 15.2. The Bertz CT molecular complexity index is 523. The third-order valence-corrected chi connectivity index (χ3v) is 7.13. The van der Waals surface area contributed by atoms with Crippen LogP contribution in [0.15, 0.2) is 0 Å². The van der Waals surface area contributed by atoms with Crippen LogP contribution in [0.25, 0.3) is 0 Å². The molecule has 1 aliphatic carbocycles. The molecule has 2 heterocycles. The summed E-state index contributed by atoms with van der Waals surface area (Å²) in [6.45, 7) is 0.998. The Labute approximate surface area is 124 Å². The molecule has 0 aromatic heterocycles. The Hall–Kier alpha value is -0.700. The van der Waals surface area contributed by atoms with Gasteiger partial charge >= 0.3 is 5.97 Å². The molecular formula is C13H22N2O5S. The average molecular weight is 318 g/mol. The number of carboxylic acids is 1. The van der Waals surface area contributed by atoms with Gasteiger partial charge in [-0.2, -0.15) is 17.0 Å². The van der Waals surface area contributed by atoms with Crippen LogP contribution < -0.4 is 0 Å². The van der Waals surface area contributed by atoms with Gasteiger partial charge in [-0.3, -0.25) is 4.79 Å². The maximum atomic E-state index is 12.7. The van der Waals surface area contributed by atoms with Crippen molar-refractivity contribution >= 4 is 16.2 Å². The van der Waals surface area contributed by atoms with Gasteiger partial charge in [0.1, 0.15) is 6.04 Å². The number of hydrogen-bond donors (Lipinski definition) is 2. The summed E-state index contributed by atoms with van der Waals surface area (Å²) in [4.78, 5) is 11.3. The van der Waals surface area contributed by atoms with Crippen molar-refractivity contribution in [2.75, 3.05) is 19.6 Å². The number of piperidine rings is 1. The highest BCUT2D eigenvalue weighted by Crippen LogP contribution is 2.40. The second kappa shape index (κ2) is 5.49. The van der Waals surface area contributed by atoms with Crippen molar-refractivity contribution in [3.8, 4) is 0 Å². The van der Waals surface area contributed by atoms with Gasteiger partial charge in [-0.25, -0.2) is 0 Å². The molecular weight excluding hydrogens is 296 g/mol. The van der Waals surface area contributed by atoms with Crippen molar-refractivity contribution in [2.24, 2.45) is 11.8 Å². The first-order chi connectivity index (χ1) is 9.91. The van der Waals surface area contributed by atoms with E-state index in [9.17, 15) is 23.4 Å². The van der Waals surface area contributed by atoms with Crippen LogP contribution in [0, 0.1) is 11.8 Å². The van der Waals surface area contributed by atoms with Gasteiger partial charge in [0.15, 0.2) is 0 Å². The molecule has 0 amide bonds. The molecule has 3 aliphatic rings. The van der Waals surface area contributed by atoms with Crippen LogP contribution in [0.4, 0.5) is 0 Å². The highest BCUT2D eigenvalue weighted by Gasteiger charge is 2.48. The maximum Gasteiger partial charge on any atom is 0.322 e. The monoisotopic (exact) mass is 318 g/mol. The van der Waals surface area contributed by atoms with E-state index in [0.717, 1.165) is 23.6 Å². The fraction of sp³-hybridized carbons (Fsp3) is 0.923. The molecule has 4 atom stereocenters. The number of hydrogen-bond acceptors (Lipinski definition) is 4. The van der Waals surface area contributed by atoms with Crippen LogP contribution in [0.1, 0.15) is 32.1 Å². The van der Waals surface area contributed by atoms with Crippen LogP contribution in [-0.4, -0.2) is 65.0 Å². The lowest BCUT2D eigenvalue weighted by molar-refractivity contribution is -0.142. The molecule has 8 heteroatoms. The van der Waals surface area contributed by atoms with Crippen LogP contribution in [0.3, 0.4) is 0 Å². The molecule has 120 valence electrons. The predicted octanol–water partition coefficient (Wildman–Crippen LogP) is -0.127. The van der Waals surface area contributed by atoms with E-state index in [0.29, 0.717) is 25.9 Å². The lowest BCUT2D eigenvalue weighted by atomic mass is 10.00. The Morgan fingerprint density at radius 3 is 2.52 bits per heavy atom. The Kier molecular flexibility index (Phi) is 3.98. The van der Waals surface area contributed by atoms with Crippen LogP contribution in [0.5, 0.6) is 0 Å². The van der Waals surface area contributed by atoms with Crippen LogP contribution in [0.2, 0.25) is 0 Å². The molecule has 0 bridgehead atoms. The van der Waals surface area contributed by atoms with E-state index in [2.05, 4.69) is 0 Å². The molecule has 4 unspecified atom stereocenters. The second-order valence-corrected chi connectivity index (χ2v) is 8.24. The molecule has 0 aromatic rings. The standard InChI is InChI=1S/C13H22N2O5S/c16-12-5-4-9-7-14(8-10(9)12)21(19,20)15-6-2-1-3-11(15)13(17)18/h9-12,16H,1-8H2,(H,17,18). The summed E-state index contributed by atoms with van der Waals surface area (Å²) in [7, 11) is -3.75. The first-order valence-corrected chi connectivity index (χ1v) is 8.98. The van der Waals surface area contributed by atoms with Gasteiger partial charge in [0.05, 0.1) is 6.10 Å². The number of fused-ring (bicyclic) bond motifs is 1. The number of carboxylic acid groups (broad SMARTS) is 1. The average Bonchev–Trinajstić information content (AvgIpc) is 3.02. The van der Waals surface area contributed by atoms with Gasteiger partial charge in [-0.05, 0) is 38.0 Å². The number of nitrogens with zero attached hydrogens (tertiary/aromatic N) is 2. The fourth-order valence-electron chi connectivity index (χ4n) is 3.96. The molecule has 0 aromatic carbocycles. The van der Waals surface area contributed by atoms with E-state index in [1.807, 2.05) is 0 Å². The third-order valence-electron chi connectivity index (χ3n) is 5.15. The lowest BCUT2D eigenvalue weighted by Gasteiger charge is -2.34. The Morgan fingerprint density at radius 1 is 1.10 bits per heavy atom. The Morgan fingerprint density at radius 2 is 1.86 bits per heavy atom. The molecule has 2 saturated heterocycles. The van der Waals surface area contributed by atoms with Crippen molar-refractivity contribution in [1.29, 1.82) is 0 Å². The zero-order valence-corrected chi connectivity index (χ0v) is 12.7. The molecule has 7 nitrogen and oxygen atoms in total. The normalized spacial score (nSPS) is 38.5. The van der Waals surface area contributed by atoms with E-state index in [1.165, 1.54) is 4.31 Å². The highest BCUT2D eigenvalue weighted by atomic mass is 32.2. The minimum atomic E-state index is -3.75. The van der Waals surface area contributed by atoms with Gasteiger partial charge in [0.25, 0.3) is 10.2 Å². The fourth-order valence-corrected chi connectivity index (χ4v) is 5.87.